The van der Waals surface area contributed by atoms with Crippen molar-refractivity contribution < 1.29 is 28.9 Å². The Hall–Kier alpha value is -3.91. The Labute approximate surface area is 169 Å². The topological polar surface area (TPSA) is 115 Å². The lowest BCUT2D eigenvalue weighted by atomic mass is 10.1. The van der Waals surface area contributed by atoms with Crippen LogP contribution in [0.3, 0.4) is 0 Å². The molecule has 2 N–H and O–H groups in total. The molecule has 0 unspecified atom stereocenters. The van der Waals surface area contributed by atoms with Crippen molar-refractivity contribution in [1.82, 2.24) is 0 Å². The Balaban J connectivity index is 1.56. The minimum absolute atomic E-state index is 0.128. The van der Waals surface area contributed by atoms with Crippen molar-refractivity contribution in [3.8, 4) is 5.75 Å². The van der Waals surface area contributed by atoms with E-state index >= 15 is 0 Å². The van der Waals surface area contributed by atoms with Crippen molar-refractivity contribution in [2.45, 2.75) is 19.4 Å². The zero-order valence-electron chi connectivity index (χ0n) is 15.6. The molecule has 1 aliphatic carbocycles. The van der Waals surface area contributed by atoms with Crippen LogP contribution in [0.15, 0.2) is 45.6 Å². The van der Waals surface area contributed by atoms with E-state index in [1.165, 1.54) is 18.2 Å². The zero-order valence-corrected chi connectivity index (χ0v) is 15.6. The van der Waals surface area contributed by atoms with Gasteiger partial charge in [-0.15, -0.1) is 0 Å². The number of hydrogen-bond donors (Lipinski definition) is 2. The van der Waals surface area contributed by atoms with Gasteiger partial charge in [0.2, 0.25) is 0 Å². The Morgan fingerprint density at radius 2 is 1.97 bits per heavy atom. The van der Waals surface area contributed by atoms with Gasteiger partial charge in [0.1, 0.15) is 18.0 Å². The van der Waals surface area contributed by atoms with Crippen molar-refractivity contribution >= 4 is 40.2 Å². The van der Waals surface area contributed by atoms with E-state index in [0.29, 0.717) is 41.9 Å². The molecule has 30 heavy (non-hydrogen) atoms. The van der Waals surface area contributed by atoms with Gasteiger partial charge in [0.05, 0.1) is 5.39 Å². The van der Waals surface area contributed by atoms with Crippen LogP contribution in [0.4, 0.5) is 5.69 Å². The third kappa shape index (κ3) is 3.03. The molecule has 150 valence electrons. The molecule has 0 saturated carbocycles. The van der Waals surface area contributed by atoms with E-state index in [1.807, 2.05) is 24.3 Å². The molecule has 0 fully saturated rings. The average Bonchev–Trinajstić information content (AvgIpc) is 3.35. The number of nitrogens with one attached hydrogen (secondary N) is 1. The van der Waals surface area contributed by atoms with Gasteiger partial charge >= 0.3 is 11.9 Å². The zero-order chi connectivity index (χ0) is 20.8. The normalized spacial score (nSPS) is 15.7. The van der Waals surface area contributed by atoms with Crippen LogP contribution in [0, 0.1) is 0 Å². The molecule has 2 heterocycles. The molecule has 0 bridgehead atoms. The average molecular weight is 405 g/mol. The number of carbonyl (C=O) groups excluding carboxylic acids is 1. The highest BCUT2D eigenvalue weighted by molar-refractivity contribution is 6.36. The summed E-state index contributed by atoms with van der Waals surface area (Å²) in [4.78, 5) is 45.2. The van der Waals surface area contributed by atoms with E-state index in [-0.39, 0.29) is 16.7 Å². The summed E-state index contributed by atoms with van der Waals surface area (Å²) >= 11 is 0. The maximum atomic E-state index is 12.9. The first-order valence-corrected chi connectivity index (χ1v) is 9.27. The SMILES string of the molecule is O=C(O)C(=O)Nc1ccc2c(=O)c3c(oc2c1)/C(=C\c1ccc2c(c1)OOC2)CC3. The maximum absolute atomic E-state index is 12.9. The van der Waals surface area contributed by atoms with Crippen LogP contribution in [-0.2, 0) is 27.5 Å². The van der Waals surface area contributed by atoms with Crippen LogP contribution in [0.25, 0.3) is 22.6 Å². The summed E-state index contributed by atoms with van der Waals surface area (Å²) < 4.78 is 6.02. The van der Waals surface area contributed by atoms with Gasteiger partial charge in [-0.25, -0.2) is 4.79 Å². The number of rotatable bonds is 2. The van der Waals surface area contributed by atoms with Crippen LogP contribution in [0.2, 0.25) is 0 Å². The van der Waals surface area contributed by atoms with Crippen molar-refractivity contribution in [3.05, 3.63) is 69.1 Å². The molecule has 5 rings (SSSR count). The van der Waals surface area contributed by atoms with E-state index in [0.717, 1.165) is 16.7 Å². The van der Waals surface area contributed by atoms with E-state index < -0.39 is 11.9 Å². The largest absolute Gasteiger partial charge is 0.474 e. The van der Waals surface area contributed by atoms with Gasteiger partial charge in [0, 0.05) is 22.9 Å². The second-order valence-corrected chi connectivity index (χ2v) is 7.09. The summed E-state index contributed by atoms with van der Waals surface area (Å²) in [6.07, 6.45) is 3.17. The predicted molar refractivity (Wildman–Crippen MR) is 107 cm³/mol. The van der Waals surface area contributed by atoms with Gasteiger partial charge in [0.15, 0.2) is 11.2 Å². The first-order chi connectivity index (χ1) is 14.5. The Morgan fingerprint density at radius 3 is 2.80 bits per heavy atom. The number of carbonyl (C=O) groups is 2. The molecular weight excluding hydrogens is 390 g/mol. The second-order valence-electron chi connectivity index (χ2n) is 7.09. The summed E-state index contributed by atoms with van der Waals surface area (Å²) in [6, 6.07) is 10.2. The van der Waals surface area contributed by atoms with Crippen LogP contribution in [0.5, 0.6) is 5.75 Å². The summed E-state index contributed by atoms with van der Waals surface area (Å²) in [7, 11) is 0. The fraction of sp³-hybridized carbons (Fsp3) is 0.136. The molecule has 1 aromatic heterocycles. The molecule has 8 nitrogen and oxygen atoms in total. The minimum Gasteiger partial charge on any atom is -0.474 e. The molecule has 1 aliphatic heterocycles. The van der Waals surface area contributed by atoms with Gasteiger partial charge in [-0.2, -0.15) is 4.89 Å². The first-order valence-electron chi connectivity index (χ1n) is 9.27. The molecule has 8 heteroatoms. The second kappa shape index (κ2) is 6.85. The lowest BCUT2D eigenvalue weighted by Gasteiger charge is -2.07. The number of amides is 1. The summed E-state index contributed by atoms with van der Waals surface area (Å²) in [6.45, 7) is 0.413. The van der Waals surface area contributed by atoms with E-state index in [9.17, 15) is 14.4 Å². The van der Waals surface area contributed by atoms with Crippen molar-refractivity contribution in [1.29, 1.82) is 0 Å². The monoisotopic (exact) mass is 405 g/mol. The smallest absolute Gasteiger partial charge is 0.394 e. The Bertz CT molecular complexity index is 1320. The summed E-state index contributed by atoms with van der Waals surface area (Å²) in [5, 5.41) is 11.4. The molecule has 1 amide bonds. The van der Waals surface area contributed by atoms with Crippen LogP contribution in [0.1, 0.15) is 28.9 Å². The quantitative estimate of drug-likeness (QED) is 0.497. The predicted octanol–water partition coefficient (Wildman–Crippen LogP) is 3.13. The van der Waals surface area contributed by atoms with Gasteiger partial charge in [-0.3, -0.25) is 9.59 Å². The van der Waals surface area contributed by atoms with Crippen LogP contribution in [-0.4, -0.2) is 17.0 Å². The molecule has 0 radical (unpaired) electrons. The molecule has 3 aromatic rings. The number of carboxylic acid groups (broad SMARTS) is 1. The van der Waals surface area contributed by atoms with Gasteiger partial charge in [-0.05, 0) is 48.3 Å². The molecular formula is C22H15NO7. The number of anilines is 1. The van der Waals surface area contributed by atoms with E-state index in [2.05, 4.69) is 5.32 Å². The molecule has 0 saturated heterocycles. The summed E-state index contributed by atoms with van der Waals surface area (Å²) in [5.41, 5.74) is 3.73. The molecule has 0 atom stereocenters. The maximum Gasteiger partial charge on any atom is 0.394 e. The highest BCUT2D eigenvalue weighted by Gasteiger charge is 2.24. The van der Waals surface area contributed by atoms with Gasteiger partial charge < -0.3 is 19.7 Å². The number of carboxylic acids is 1. The van der Waals surface area contributed by atoms with Gasteiger partial charge in [-0.1, -0.05) is 12.1 Å². The fourth-order valence-electron chi connectivity index (χ4n) is 3.71. The standard InChI is InChI=1S/C22H15NO7/c24-19-15-6-4-14(23-21(25)22(26)27)9-18(15)29-20-12(3-5-16(19)20)7-11-1-2-13-10-28-30-17(13)8-11/h1-2,4,6-9H,3,5,10H2,(H,23,25)(H,26,27)/b12-7-. The third-order valence-electron chi connectivity index (χ3n) is 5.17. The Kier molecular flexibility index (Phi) is 4.14. The molecule has 0 spiro atoms. The third-order valence-corrected chi connectivity index (χ3v) is 5.17. The highest BCUT2D eigenvalue weighted by Crippen LogP contribution is 2.36. The highest BCUT2D eigenvalue weighted by atomic mass is 17.2. The number of allylic oxidation sites excluding steroid dienone is 1. The first kappa shape index (κ1) is 18.1. The minimum atomic E-state index is -1.60. The Morgan fingerprint density at radius 1 is 1.10 bits per heavy atom. The van der Waals surface area contributed by atoms with E-state index in [4.69, 9.17) is 19.3 Å². The van der Waals surface area contributed by atoms with Crippen LogP contribution >= 0.6 is 0 Å². The van der Waals surface area contributed by atoms with Crippen LogP contribution < -0.4 is 15.6 Å². The fourth-order valence-corrected chi connectivity index (χ4v) is 3.71. The lowest BCUT2D eigenvalue weighted by Crippen LogP contribution is -2.21. The van der Waals surface area contributed by atoms with Crippen molar-refractivity contribution in [2.75, 3.05) is 5.32 Å². The number of fused-ring (bicyclic) bond motifs is 3. The molecule has 2 aromatic carbocycles. The molecule has 2 aliphatic rings. The van der Waals surface area contributed by atoms with Crippen molar-refractivity contribution in [2.24, 2.45) is 0 Å². The number of hydrogen-bond acceptors (Lipinski definition) is 6. The van der Waals surface area contributed by atoms with Gasteiger partial charge in [0.25, 0.3) is 0 Å². The van der Waals surface area contributed by atoms with E-state index in [1.54, 1.807) is 0 Å². The number of benzene rings is 2. The summed E-state index contributed by atoms with van der Waals surface area (Å²) in [5.74, 6) is -1.59. The van der Waals surface area contributed by atoms with Crippen molar-refractivity contribution in [3.63, 3.8) is 0 Å². The number of aliphatic carboxylic acids is 1. The lowest BCUT2D eigenvalue weighted by molar-refractivity contribution is -0.194.